The van der Waals surface area contributed by atoms with Crippen molar-refractivity contribution in [1.29, 1.82) is 0 Å². The molecule has 0 fully saturated rings. The second-order valence-corrected chi connectivity index (χ2v) is 8.59. The topological polar surface area (TPSA) is 84.3 Å². The fourth-order valence-corrected chi connectivity index (χ4v) is 4.63. The lowest BCUT2D eigenvalue weighted by atomic mass is 10.1. The molecule has 7 nitrogen and oxygen atoms in total. The lowest BCUT2D eigenvalue weighted by molar-refractivity contribution is 0.0993. The van der Waals surface area contributed by atoms with Crippen molar-refractivity contribution >= 4 is 38.6 Å². The number of rotatable bonds is 4. The molecule has 4 rings (SSSR count). The highest BCUT2D eigenvalue weighted by Crippen LogP contribution is 2.33. The maximum atomic E-state index is 12.7. The summed E-state index contributed by atoms with van der Waals surface area (Å²) in [5, 5.41) is 1.81. The number of aromatic nitrogens is 2. The van der Waals surface area contributed by atoms with Gasteiger partial charge in [0.25, 0.3) is 15.9 Å². The zero-order valence-electron chi connectivity index (χ0n) is 13.9. The maximum absolute atomic E-state index is 12.7. The largest absolute Gasteiger partial charge is 0.339 e. The first-order valence-corrected chi connectivity index (χ1v) is 10.3. The van der Waals surface area contributed by atoms with Crippen molar-refractivity contribution in [3.8, 4) is 0 Å². The molecule has 1 amide bonds. The van der Waals surface area contributed by atoms with Crippen molar-refractivity contribution in [2.24, 2.45) is 7.05 Å². The number of thiophene rings is 1. The monoisotopic (exact) mass is 388 g/mol. The van der Waals surface area contributed by atoms with Crippen molar-refractivity contribution in [2.75, 3.05) is 16.2 Å². The van der Waals surface area contributed by atoms with Gasteiger partial charge in [-0.25, -0.2) is 4.98 Å². The average Bonchev–Trinajstić information content (AvgIpc) is 3.34. The van der Waals surface area contributed by atoms with E-state index in [0.29, 0.717) is 17.1 Å². The van der Waals surface area contributed by atoms with Gasteiger partial charge in [-0.1, -0.05) is 12.1 Å². The van der Waals surface area contributed by atoms with E-state index in [4.69, 9.17) is 0 Å². The Bertz CT molecular complexity index is 1070. The lowest BCUT2D eigenvalue weighted by Crippen LogP contribution is -2.28. The second kappa shape index (κ2) is 6.26. The molecule has 0 atom stereocenters. The van der Waals surface area contributed by atoms with Gasteiger partial charge in [-0.15, -0.1) is 11.3 Å². The smallest absolute Gasteiger partial charge is 0.280 e. The number of carbonyl (C=O) groups excluding carboxylic acids is 1. The number of nitrogens with zero attached hydrogens (tertiary/aromatic N) is 3. The summed E-state index contributed by atoms with van der Waals surface area (Å²) in [6.45, 7) is 0.586. The molecule has 0 aliphatic carbocycles. The molecule has 2 aromatic heterocycles. The normalized spacial score (nSPS) is 13.7. The van der Waals surface area contributed by atoms with Crippen LogP contribution in [0.15, 0.2) is 53.3 Å². The standard InChI is InChI=1S/C17H16N4O3S2/c1-20-10-16(18-11-20)26(23,24)19-13-5-4-12-6-7-21(14(12)9-13)17(22)15-3-2-8-25-15/h2-5,8-11,19H,6-7H2,1H3. The van der Waals surface area contributed by atoms with Crippen LogP contribution in [-0.4, -0.2) is 30.4 Å². The minimum absolute atomic E-state index is 0.0491. The minimum Gasteiger partial charge on any atom is -0.339 e. The predicted octanol–water partition coefficient (Wildman–Crippen LogP) is 2.49. The number of nitrogens with one attached hydrogen (secondary N) is 1. The Morgan fingerprint density at radius 2 is 2.15 bits per heavy atom. The Labute approximate surface area is 155 Å². The SMILES string of the molecule is Cn1cnc(S(=O)(=O)Nc2ccc3c(c2)N(C(=O)c2cccs2)CC3)c1. The molecule has 3 heterocycles. The highest BCUT2D eigenvalue weighted by molar-refractivity contribution is 7.92. The number of benzene rings is 1. The van der Waals surface area contributed by atoms with Gasteiger partial charge in [-0.2, -0.15) is 8.42 Å². The van der Waals surface area contributed by atoms with E-state index >= 15 is 0 Å². The molecule has 1 aromatic carbocycles. The molecule has 0 saturated heterocycles. The summed E-state index contributed by atoms with van der Waals surface area (Å²) in [6, 6.07) is 8.89. The Balaban J connectivity index is 1.63. The summed E-state index contributed by atoms with van der Waals surface area (Å²) < 4.78 is 29.0. The summed E-state index contributed by atoms with van der Waals surface area (Å²) in [5.41, 5.74) is 2.17. The molecule has 0 radical (unpaired) electrons. The molecule has 1 aliphatic heterocycles. The molecular weight excluding hydrogens is 372 g/mol. The first kappa shape index (κ1) is 16.8. The van der Waals surface area contributed by atoms with Crippen LogP contribution in [0.1, 0.15) is 15.2 Å². The number of fused-ring (bicyclic) bond motifs is 1. The number of hydrogen-bond donors (Lipinski definition) is 1. The van der Waals surface area contributed by atoms with Gasteiger partial charge in [0.2, 0.25) is 0 Å². The number of imidazole rings is 1. The van der Waals surface area contributed by atoms with Crippen LogP contribution in [0.4, 0.5) is 11.4 Å². The molecule has 0 saturated carbocycles. The van der Waals surface area contributed by atoms with Crippen LogP contribution >= 0.6 is 11.3 Å². The molecule has 0 spiro atoms. The summed E-state index contributed by atoms with van der Waals surface area (Å²) >= 11 is 1.39. The Kier molecular flexibility index (Phi) is 4.04. The molecule has 3 aromatic rings. The average molecular weight is 388 g/mol. The highest BCUT2D eigenvalue weighted by Gasteiger charge is 2.27. The molecular formula is C17H16N4O3S2. The van der Waals surface area contributed by atoms with E-state index in [0.717, 1.165) is 17.7 Å². The van der Waals surface area contributed by atoms with Gasteiger partial charge in [0.05, 0.1) is 16.9 Å². The lowest BCUT2D eigenvalue weighted by Gasteiger charge is -2.17. The maximum Gasteiger partial charge on any atom is 0.280 e. The number of anilines is 2. The third-order valence-corrected chi connectivity index (χ3v) is 6.29. The number of aryl methyl sites for hydroxylation is 1. The van der Waals surface area contributed by atoms with Crippen LogP contribution in [-0.2, 0) is 23.5 Å². The zero-order valence-corrected chi connectivity index (χ0v) is 15.5. The van der Waals surface area contributed by atoms with Crippen LogP contribution in [0.3, 0.4) is 0 Å². The summed E-state index contributed by atoms with van der Waals surface area (Å²) in [7, 11) is -2.07. The van der Waals surface area contributed by atoms with Crippen molar-refractivity contribution in [3.05, 3.63) is 58.7 Å². The van der Waals surface area contributed by atoms with Gasteiger partial charge in [0.1, 0.15) is 0 Å². The predicted molar refractivity (Wildman–Crippen MR) is 100 cm³/mol. The van der Waals surface area contributed by atoms with Gasteiger partial charge < -0.3 is 9.47 Å². The van der Waals surface area contributed by atoms with E-state index in [1.54, 1.807) is 34.7 Å². The zero-order chi connectivity index (χ0) is 18.3. The third kappa shape index (κ3) is 2.99. The Morgan fingerprint density at radius 3 is 2.85 bits per heavy atom. The summed E-state index contributed by atoms with van der Waals surface area (Å²) in [5.74, 6) is -0.0662. The van der Waals surface area contributed by atoms with Gasteiger partial charge in [-0.3, -0.25) is 9.52 Å². The number of sulfonamides is 1. The summed E-state index contributed by atoms with van der Waals surface area (Å²) in [4.78, 5) is 18.9. The van der Waals surface area contributed by atoms with E-state index < -0.39 is 10.0 Å². The fraction of sp³-hybridized carbons (Fsp3) is 0.176. The summed E-state index contributed by atoms with van der Waals surface area (Å²) in [6.07, 6.45) is 3.61. The Morgan fingerprint density at radius 1 is 1.31 bits per heavy atom. The third-order valence-electron chi connectivity index (χ3n) is 4.17. The first-order valence-electron chi connectivity index (χ1n) is 7.93. The van der Waals surface area contributed by atoms with Crippen LogP contribution in [0.5, 0.6) is 0 Å². The van der Waals surface area contributed by atoms with Crippen molar-refractivity contribution < 1.29 is 13.2 Å². The molecule has 0 bridgehead atoms. The number of carbonyl (C=O) groups is 1. The highest BCUT2D eigenvalue weighted by atomic mass is 32.2. The molecule has 0 unspecified atom stereocenters. The number of hydrogen-bond acceptors (Lipinski definition) is 5. The first-order chi connectivity index (χ1) is 12.4. The van der Waals surface area contributed by atoms with Crippen LogP contribution < -0.4 is 9.62 Å². The molecule has 9 heteroatoms. The van der Waals surface area contributed by atoms with Crippen LogP contribution in [0.2, 0.25) is 0 Å². The van der Waals surface area contributed by atoms with E-state index in [1.807, 2.05) is 17.5 Å². The van der Waals surface area contributed by atoms with Crippen molar-refractivity contribution in [3.63, 3.8) is 0 Å². The fourth-order valence-electron chi connectivity index (χ4n) is 2.92. The van der Waals surface area contributed by atoms with E-state index in [9.17, 15) is 13.2 Å². The van der Waals surface area contributed by atoms with Gasteiger partial charge in [0, 0.05) is 25.5 Å². The Hall–Kier alpha value is -2.65. The van der Waals surface area contributed by atoms with Gasteiger partial charge in [-0.05, 0) is 35.6 Å². The number of amides is 1. The molecule has 134 valence electrons. The van der Waals surface area contributed by atoms with Crippen molar-refractivity contribution in [2.45, 2.75) is 11.4 Å². The van der Waals surface area contributed by atoms with Crippen LogP contribution in [0.25, 0.3) is 0 Å². The quantitative estimate of drug-likeness (QED) is 0.744. The molecule has 1 N–H and O–H groups in total. The molecule has 26 heavy (non-hydrogen) atoms. The van der Waals surface area contributed by atoms with E-state index in [1.165, 1.54) is 23.9 Å². The van der Waals surface area contributed by atoms with Gasteiger partial charge >= 0.3 is 0 Å². The second-order valence-electron chi connectivity index (χ2n) is 6.01. The minimum atomic E-state index is -3.77. The van der Waals surface area contributed by atoms with Crippen LogP contribution in [0, 0.1) is 0 Å². The van der Waals surface area contributed by atoms with Gasteiger partial charge in [0.15, 0.2) is 5.03 Å². The van der Waals surface area contributed by atoms with Crippen molar-refractivity contribution in [1.82, 2.24) is 9.55 Å². The molecule has 1 aliphatic rings. The van der Waals surface area contributed by atoms with E-state index in [2.05, 4.69) is 9.71 Å². The van der Waals surface area contributed by atoms with E-state index in [-0.39, 0.29) is 10.9 Å².